The maximum absolute atomic E-state index is 5.18. The van der Waals surface area contributed by atoms with E-state index in [4.69, 9.17) is 4.74 Å². The van der Waals surface area contributed by atoms with Gasteiger partial charge < -0.3 is 9.72 Å². The van der Waals surface area contributed by atoms with E-state index in [0.717, 1.165) is 33.4 Å². The molecule has 0 unspecified atom stereocenters. The summed E-state index contributed by atoms with van der Waals surface area (Å²) in [5, 5.41) is 11.8. The van der Waals surface area contributed by atoms with Crippen LogP contribution in [0.25, 0.3) is 21.6 Å². The van der Waals surface area contributed by atoms with Crippen molar-refractivity contribution in [3.05, 3.63) is 65.2 Å². The first-order valence-electron chi connectivity index (χ1n) is 7.35. The van der Waals surface area contributed by atoms with Crippen LogP contribution in [0.15, 0.2) is 54.6 Å². The molecule has 1 N–H and O–H groups in total. The van der Waals surface area contributed by atoms with Crippen LogP contribution in [-0.2, 0) is 6.42 Å². The molecule has 0 bridgehead atoms. The second-order valence-corrected chi connectivity index (χ2v) is 6.36. The van der Waals surface area contributed by atoms with E-state index in [9.17, 15) is 0 Å². The summed E-state index contributed by atoms with van der Waals surface area (Å²) >= 11 is 1.62. The van der Waals surface area contributed by atoms with E-state index in [2.05, 4.69) is 45.5 Å². The first-order chi connectivity index (χ1) is 11.3. The quantitative estimate of drug-likeness (QED) is 0.610. The molecule has 114 valence electrons. The van der Waals surface area contributed by atoms with Crippen LogP contribution in [-0.4, -0.2) is 22.3 Å². The van der Waals surface area contributed by atoms with Gasteiger partial charge in [0.15, 0.2) is 5.01 Å². The Balaban J connectivity index is 1.58. The van der Waals surface area contributed by atoms with Crippen LogP contribution in [0.1, 0.15) is 10.6 Å². The highest BCUT2D eigenvalue weighted by atomic mass is 32.1. The molecule has 2 aromatic heterocycles. The van der Waals surface area contributed by atoms with Crippen molar-refractivity contribution >= 4 is 22.2 Å². The molecule has 4 rings (SSSR count). The van der Waals surface area contributed by atoms with Crippen LogP contribution in [0.3, 0.4) is 0 Å². The Morgan fingerprint density at radius 2 is 1.87 bits per heavy atom. The fourth-order valence-corrected chi connectivity index (χ4v) is 3.39. The van der Waals surface area contributed by atoms with E-state index in [1.54, 1.807) is 18.4 Å². The fraction of sp³-hybridized carbons (Fsp3) is 0.111. The summed E-state index contributed by atoms with van der Waals surface area (Å²) in [6.45, 7) is 0. The van der Waals surface area contributed by atoms with Gasteiger partial charge in [0.2, 0.25) is 0 Å². The minimum absolute atomic E-state index is 0.780. The second-order valence-electron chi connectivity index (χ2n) is 5.30. The lowest BCUT2D eigenvalue weighted by Gasteiger charge is -2.00. The summed E-state index contributed by atoms with van der Waals surface area (Å²) in [7, 11) is 1.67. The maximum Gasteiger partial charge on any atom is 0.164 e. The van der Waals surface area contributed by atoms with Gasteiger partial charge in [-0.3, -0.25) is 0 Å². The molecule has 4 nitrogen and oxygen atoms in total. The SMILES string of the molecule is COc1ccc(Cc2nnc(-c3cc4ccccc4[nH]3)s2)cc1. The number of fused-ring (bicyclic) bond motifs is 1. The highest BCUT2D eigenvalue weighted by Crippen LogP contribution is 2.27. The Bertz CT molecular complexity index is 907. The topological polar surface area (TPSA) is 50.8 Å². The van der Waals surface area contributed by atoms with Gasteiger partial charge in [0.1, 0.15) is 10.8 Å². The molecular weight excluding hydrogens is 306 g/mol. The Kier molecular flexibility index (Phi) is 3.55. The number of aromatic nitrogens is 3. The molecule has 0 aliphatic rings. The number of hydrogen-bond donors (Lipinski definition) is 1. The van der Waals surface area contributed by atoms with Crippen molar-refractivity contribution in [2.24, 2.45) is 0 Å². The lowest BCUT2D eigenvalue weighted by molar-refractivity contribution is 0.414. The lowest BCUT2D eigenvalue weighted by atomic mass is 10.1. The monoisotopic (exact) mass is 321 g/mol. The first kappa shape index (κ1) is 14.0. The standard InChI is InChI=1S/C18H15N3OS/c1-22-14-8-6-12(7-9-14)10-17-20-21-18(23-17)16-11-13-4-2-3-5-15(13)19-16/h2-9,11,19H,10H2,1H3. The molecule has 0 spiro atoms. The summed E-state index contributed by atoms with van der Waals surface area (Å²) in [6.07, 6.45) is 0.780. The number of benzene rings is 2. The molecule has 2 heterocycles. The van der Waals surface area contributed by atoms with Crippen molar-refractivity contribution in [1.82, 2.24) is 15.2 Å². The third-order valence-electron chi connectivity index (χ3n) is 3.74. The average Bonchev–Trinajstić information content (AvgIpc) is 3.21. The molecule has 0 atom stereocenters. The molecule has 0 aliphatic heterocycles. The molecule has 0 saturated heterocycles. The molecule has 0 amide bonds. The zero-order valence-corrected chi connectivity index (χ0v) is 13.4. The van der Waals surface area contributed by atoms with Crippen LogP contribution >= 0.6 is 11.3 Å². The fourth-order valence-electron chi connectivity index (χ4n) is 2.54. The van der Waals surface area contributed by atoms with Gasteiger partial charge in [-0.2, -0.15) is 0 Å². The molecule has 0 saturated carbocycles. The van der Waals surface area contributed by atoms with Crippen molar-refractivity contribution in [1.29, 1.82) is 0 Å². The van der Waals surface area contributed by atoms with Gasteiger partial charge in [0, 0.05) is 17.3 Å². The van der Waals surface area contributed by atoms with Gasteiger partial charge in [-0.15, -0.1) is 10.2 Å². The zero-order valence-electron chi connectivity index (χ0n) is 12.6. The van der Waals surface area contributed by atoms with Crippen molar-refractivity contribution in [2.75, 3.05) is 7.11 Å². The summed E-state index contributed by atoms with van der Waals surface area (Å²) in [6, 6.07) is 18.4. The van der Waals surface area contributed by atoms with E-state index in [1.807, 2.05) is 24.3 Å². The Morgan fingerprint density at radius 3 is 2.65 bits per heavy atom. The number of methoxy groups -OCH3 is 1. The van der Waals surface area contributed by atoms with Crippen molar-refractivity contribution < 1.29 is 4.74 Å². The van der Waals surface area contributed by atoms with E-state index in [0.29, 0.717) is 0 Å². The number of rotatable bonds is 4. The van der Waals surface area contributed by atoms with Crippen LogP contribution < -0.4 is 4.74 Å². The van der Waals surface area contributed by atoms with Crippen LogP contribution in [0, 0.1) is 0 Å². The highest BCUT2D eigenvalue weighted by Gasteiger charge is 2.10. The second kappa shape index (κ2) is 5.85. The third-order valence-corrected chi connectivity index (χ3v) is 4.70. The third kappa shape index (κ3) is 2.83. The van der Waals surface area contributed by atoms with Crippen LogP contribution in [0.2, 0.25) is 0 Å². The van der Waals surface area contributed by atoms with E-state index < -0.39 is 0 Å². The molecule has 2 aromatic carbocycles. The normalized spacial score (nSPS) is 11.0. The number of para-hydroxylation sites is 1. The van der Waals surface area contributed by atoms with Gasteiger partial charge >= 0.3 is 0 Å². The number of nitrogens with zero attached hydrogens (tertiary/aromatic N) is 2. The molecule has 4 aromatic rings. The number of aromatic amines is 1. The molecule has 23 heavy (non-hydrogen) atoms. The number of hydrogen-bond acceptors (Lipinski definition) is 4. The number of ether oxygens (including phenoxy) is 1. The van der Waals surface area contributed by atoms with Crippen molar-refractivity contribution in [3.8, 4) is 16.5 Å². The lowest BCUT2D eigenvalue weighted by Crippen LogP contribution is -1.88. The molecule has 0 aliphatic carbocycles. The molecular formula is C18H15N3OS. The smallest absolute Gasteiger partial charge is 0.164 e. The van der Waals surface area contributed by atoms with E-state index >= 15 is 0 Å². The summed E-state index contributed by atoms with van der Waals surface area (Å²) in [5.74, 6) is 0.866. The molecule has 0 fully saturated rings. The van der Waals surface area contributed by atoms with Gasteiger partial charge in [-0.25, -0.2) is 0 Å². The predicted octanol–water partition coefficient (Wildman–Crippen LogP) is 4.29. The Hall–Kier alpha value is -2.66. The first-order valence-corrected chi connectivity index (χ1v) is 8.17. The van der Waals surface area contributed by atoms with Crippen molar-refractivity contribution in [3.63, 3.8) is 0 Å². The summed E-state index contributed by atoms with van der Waals surface area (Å²) in [5.41, 5.74) is 3.34. The zero-order chi connectivity index (χ0) is 15.6. The minimum atomic E-state index is 0.780. The number of nitrogens with one attached hydrogen (secondary N) is 1. The van der Waals surface area contributed by atoms with Crippen LogP contribution in [0.5, 0.6) is 5.75 Å². The Labute approximate surface area is 137 Å². The maximum atomic E-state index is 5.18. The minimum Gasteiger partial charge on any atom is -0.497 e. The summed E-state index contributed by atoms with van der Waals surface area (Å²) in [4.78, 5) is 3.40. The van der Waals surface area contributed by atoms with Gasteiger partial charge in [-0.1, -0.05) is 41.7 Å². The van der Waals surface area contributed by atoms with Crippen molar-refractivity contribution in [2.45, 2.75) is 6.42 Å². The van der Waals surface area contributed by atoms with Gasteiger partial charge in [0.05, 0.1) is 12.8 Å². The number of H-pyrrole nitrogens is 1. The Morgan fingerprint density at radius 1 is 1.04 bits per heavy atom. The average molecular weight is 321 g/mol. The molecule has 0 radical (unpaired) electrons. The molecule has 5 heteroatoms. The van der Waals surface area contributed by atoms with Gasteiger partial charge in [0.25, 0.3) is 0 Å². The van der Waals surface area contributed by atoms with Crippen LogP contribution in [0.4, 0.5) is 0 Å². The van der Waals surface area contributed by atoms with E-state index in [-0.39, 0.29) is 0 Å². The largest absolute Gasteiger partial charge is 0.497 e. The predicted molar refractivity (Wildman–Crippen MR) is 93.0 cm³/mol. The highest BCUT2D eigenvalue weighted by molar-refractivity contribution is 7.14. The van der Waals surface area contributed by atoms with E-state index in [1.165, 1.54) is 10.9 Å². The van der Waals surface area contributed by atoms with Gasteiger partial charge in [-0.05, 0) is 29.8 Å². The summed E-state index contributed by atoms with van der Waals surface area (Å²) < 4.78 is 5.18.